The van der Waals surface area contributed by atoms with Crippen LogP contribution in [0.4, 0.5) is 5.82 Å². The van der Waals surface area contributed by atoms with Gasteiger partial charge < -0.3 is 4.90 Å². The summed E-state index contributed by atoms with van der Waals surface area (Å²) in [7, 11) is 2.14. The van der Waals surface area contributed by atoms with Gasteiger partial charge in [0, 0.05) is 19.7 Å². The predicted octanol–water partition coefficient (Wildman–Crippen LogP) is 3.11. The van der Waals surface area contributed by atoms with Crippen LogP contribution in [0, 0.1) is 17.8 Å². The van der Waals surface area contributed by atoms with E-state index in [9.17, 15) is 0 Å². The zero-order valence-electron chi connectivity index (χ0n) is 10.1. The second-order valence-electron chi connectivity index (χ2n) is 5.51. The average Bonchev–Trinajstić information content (AvgIpc) is 2.91. The Morgan fingerprint density at radius 2 is 2.24 bits per heavy atom. The summed E-state index contributed by atoms with van der Waals surface area (Å²) in [5.41, 5.74) is 0. The van der Waals surface area contributed by atoms with E-state index in [1.165, 1.54) is 25.7 Å². The van der Waals surface area contributed by atoms with Crippen LogP contribution in [0.5, 0.6) is 0 Å². The lowest BCUT2D eigenvalue weighted by Crippen LogP contribution is -2.29. The van der Waals surface area contributed by atoms with Gasteiger partial charge in [-0.15, -0.1) is 0 Å². The van der Waals surface area contributed by atoms with Gasteiger partial charge in [0.2, 0.25) is 0 Å². The van der Waals surface area contributed by atoms with Crippen molar-refractivity contribution in [1.82, 2.24) is 9.97 Å². The van der Waals surface area contributed by atoms with E-state index in [0.717, 1.165) is 34.7 Å². The van der Waals surface area contributed by atoms with Crippen molar-refractivity contribution in [2.45, 2.75) is 25.7 Å². The first-order valence-corrected chi connectivity index (χ1v) is 7.20. The third kappa shape index (κ3) is 2.32. The molecule has 3 rings (SSSR count). The highest BCUT2D eigenvalue weighted by molar-refractivity contribution is 9.10. The molecule has 3 nitrogen and oxygen atoms in total. The predicted molar refractivity (Wildman–Crippen MR) is 71.9 cm³/mol. The molecule has 0 amide bonds. The molecule has 2 aliphatic rings. The fraction of sp³-hybridized carbons (Fsp3) is 0.692. The molecular formula is C13H18BrN3. The van der Waals surface area contributed by atoms with E-state index in [4.69, 9.17) is 0 Å². The Labute approximate surface area is 111 Å². The molecule has 4 heteroatoms. The smallest absolute Gasteiger partial charge is 0.132 e. The van der Waals surface area contributed by atoms with Gasteiger partial charge in [-0.1, -0.05) is 6.42 Å². The van der Waals surface area contributed by atoms with Crippen molar-refractivity contribution in [2.24, 2.45) is 17.8 Å². The molecular weight excluding hydrogens is 278 g/mol. The lowest BCUT2D eigenvalue weighted by molar-refractivity contribution is 0.337. The van der Waals surface area contributed by atoms with E-state index in [-0.39, 0.29) is 0 Å². The Hall–Kier alpha value is -0.640. The molecule has 3 atom stereocenters. The minimum Gasteiger partial charge on any atom is -0.359 e. The molecule has 1 heterocycles. The average molecular weight is 296 g/mol. The van der Waals surface area contributed by atoms with Gasteiger partial charge in [0.05, 0.1) is 0 Å². The van der Waals surface area contributed by atoms with Crippen molar-refractivity contribution in [3.05, 3.63) is 17.0 Å². The third-order valence-corrected chi connectivity index (χ3v) is 4.84. The number of fused-ring (bicyclic) bond motifs is 2. The van der Waals surface area contributed by atoms with Crippen LogP contribution in [-0.4, -0.2) is 23.6 Å². The molecule has 92 valence electrons. The first kappa shape index (κ1) is 11.5. The molecule has 2 saturated carbocycles. The van der Waals surface area contributed by atoms with Crippen LogP contribution in [0.15, 0.2) is 17.0 Å². The van der Waals surface area contributed by atoms with Crippen molar-refractivity contribution < 1.29 is 0 Å². The van der Waals surface area contributed by atoms with Crippen molar-refractivity contribution in [1.29, 1.82) is 0 Å². The van der Waals surface area contributed by atoms with E-state index in [0.29, 0.717) is 0 Å². The van der Waals surface area contributed by atoms with Gasteiger partial charge >= 0.3 is 0 Å². The van der Waals surface area contributed by atoms with Crippen LogP contribution in [0.3, 0.4) is 0 Å². The Morgan fingerprint density at radius 1 is 1.35 bits per heavy atom. The molecule has 0 N–H and O–H groups in total. The Bertz CT molecular complexity index is 409. The summed E-state index contributed by atoms with van der Waals surface area (Å²) in [4.78, 5) is 10.7. The number of anilines is 1. The third-order valence-electron chi connectivity index (χ3n) is 4.40. The number of nitrogens with zero attached hydrogens (tertiary/aromatic N) is 3. The molecule has 0 spiro atoms. The quantitative estimate of drug-likeness (QED) is 0.803. The van der Waals surface area contributed by atoms with Crippen LogP contribution in [-0.2, 0) is 0 Å². The van der Waals surface area contributed by atoms with Gasteiger partial charge in [-0.05, 0) is 52.9 Å². The van der Waals surface area contributed by atoms with E-state index < -0.39 is 0 Å². The molecule has 0 aromatic carbocycles. The summed E-state index contributed by atoms with van der Waals surface area (Å²) in [6.45, 7) is 1.14. The van der Waals surface area contributed by atoms with Crippen LogP contribution in [0.1, 0.15) is 25.7 Å². The van der Waals surface area contributed by atoms with Crippen LogP contribution < -0.4 is 4.90 Å². The lowest BCUT2D eigenvalue weighted by Gasteiger charge is -2.27. The highest BCUT2D eigenvalue weighted by atomic mass is 79.9. The molecule has 2 aliphatic carbocycles. The molecule has 0 radical (unpaired) electrons. The van der Waals surface area contributed by atoms with Crippen molar-refractivity contribution in [3.63, 3.8) is 0 Å². The maximum atomic E-state index is 4.33. The minimum atomic E-state index is 0.863. The van der Waals surface area contributed by atoms with Crippen LogP contribution >= 0.6 is 15.9 Å². The standard InChI is InChI=1S/C13H18BrN3/c1-17(13-6-12(14)15-8-16-13)7-11-5-9-2-3-10(11)4-9/h6,8-11H,2-5,7H2,1H3. The van der Waals surface area contributed by atoms with Crippen molar-refractivity contribution in [2.75, 3.05) is 18.5 Å². The van der Waals surface area contributed by atoms with Gasteiger partial charge in [-0.2, -0.15) is 0 Å². The van der Waals surface area contributed by atoms with Gasteiger partial charge in [0.15, 0.2) is 0 Å². The topological polar surface area (TPSA) is 29.0 Å². The Kier molecular flexibility index (Phi) is 3.07. The SMILES string of the molecule is CN(CC1CC2CCC1C2)c1cc(Br)ncn1. The second-order valence-corrected chi connectivity index (χ2v) is 6.33. The van der Waals surface area contributed by atoms with Crippen molar-refractivity contribution in [3.8, 4) is 0 Å². The fourth-order valence-corrected chi connectivity index (χ4v) is 3.87. The number of hydrogen-bond acceptors (Lipinski definition) is 3. The first-order chi connectivity index (χ1) is 8.22. The maximum Gasteiger partial charge on any atom is 0.132 e. The van der Waals surface area contributed by atoms with Gasteiger partial charge in [0.1, 0.15) is 16.7 Å². The molecule has 0 saturated heterocycles. The highest BCUT2D eigenvalue weighted by Gasteiger charge is 2.39. The van der Waals surface area contributed by atoms with E-state index in [2.05, 4.69) is 37.8 Å². The highest BCUT2D eigenvalue weighted by Crippen LogP contribution is 2.48. The van der Waals surface area contributed by atoms with Gasteiger partial charge in [0.25, 0.3) is 0 Å². The number of rotatable bonds is 3. The van der Waals surface area contributed by atoms with E-state index >= 15 is 0 Å². The summed E-state index contributed by atoms with van der Waals surface area (Å²) >= 11 is 3.40. The molecule has 0 aliphatic heterocycles. The lowest BCUT2D eigenvalue weighted by atomic mass is 9.88. The monoisotopic (exact) mass is 295 g/mol. The number of aromatic nitrogens is 2. The summed E-state index contributed by atoms with van der Waals surface area (Å²) < 4.78 is 0.863. The van der Waals surface area contributed by atoms with Crippen LogP contribution in [0.25, 0.3) is 0 Å². The zero-order valence-corrected chi connectivity index (χ0v) is 11.7. The summed E-state index contributed by atoms with van der Waals surface area (Å²) in [6.07, 6.45) is 7.46. The van der Waals surface area contributed by atoms with Gasteiger partial charge in [-0.25, -0.2) is 9.97 Å². The molecule has 2 fully saturated rings. The zero-order chi connectivity index (χ0) is 11.8. The van der Waals surface area contributed by atoms with Crippen molar-refractivity contribution >= 4 is 21.7 Å². The first-order valence-electron chi connectivity index (χ1n) is 6.41. The maximum absolute atomic E-state index is 4.33. The molecule has 2 bridgehead atoms. The summed E-state index contributed by atoms with van der Waals surface area (Å²) in [6, 6.07) is 1.99. The fourth-order valence-electron chi connectivity index (χ4n) is 3.58. The summed E-state index contributed by atoms with van der Waals surface area (Å²) in [5, 5.41) is 0. The van der Waals surface area contributed by atoms with E-state index in [1.54, 1.807) is 6.33 Å². The normalized spacial score (nSPS) is 30.8. The molecule has 1 aromatic heterocycles. The Balaban J connectivity index is 1.65. The second kappa shape index (κ2) is 4.56. The van der Waals surface area contributed by atoms with E-state index in [1.807, 2.05) is 6.07 Å². The number of hydrogen-bond donors (Lipinski definition) is 0. The molecule has 3 unspecified atom stereocenters. The largest absolute Gasteiger partial charge is 0.359 e. The Morgan fingerprint density at radius 3 is 2.88 bits per heavy atom. The minimum absolute atomic E-state index is 0.863. The molecule has 17 heavy (non-hydrogen) atoms. The van der Waals surface area contributed by atoms with Gasteiger partial charge in [-0.3, -0.25) is 0 Å². The number of halogens is 1. The van der Waals surface area contributed by atoms with Crippen LogP contribution in [0.2, 0.25) is 0 Å². The summed E-state index contributed by atoms with van der Waals surface area (Å²) in [5.74, 6) is 3.91. The molecule has 1 aromatic rings.